The molecule has 0 aromatic heterocycles. The lowest BCUT2D eigenvalue weighted by Gasteiger charge is -2.10. The lowest BCUT2D eigenvalue weighted by atomic mass is 10.2. The molecule has 0 radical (unpaired) electrons. The zero-order chi connectivity index (χ0) is 14.3. The van der Waals surface area contributed by atoms with Gasteiger partial charge in [-0.2, -0.15) is 0 Å². The number of ether oxygens (including phenoxy) is 1. The van der Waals surface area contributed by atoms with Crippen molar-refractivity contribution in [3.05, 3.63) is 63.1 Å². The molecule has 0 heterocycles. The van der Waals surface area contributed by atoms with Crippen LogP contribution in [0.15, 0.2) is 46.9 Å². The highest BCUT2D eigenvalue weighted by atomic mass is 79.9. The van der Waals surface area contributed by atoms with Crippen molar-refractivity contribution in [2.24, 2.45) is 0 Å². The molecule has 0 saturated carbocycles. The van der Waals surface area contributed by atoms with Crippen molar-refractivity contribution in [2.75, 3.05) is 0 Å². The summed E-state index contributed by atoms with van der Waals surface area (Å²) < 4.78 is 6.70. The standard InChI is InChI=1S/C14H12BrClO.C2H6/c1-10-7-14(13(16)8-12(10)15)17-9-11-5-3-2-4-6-11;1-2/h2-8H,9H2,1H3;1-2H3. The van der Waals surface area contributed by atoms with E-state index in [4.69, 9.17) is 16.3 Å². The largest absolute Gasteiger partial charge is 0.487 e. The second kappa shape index (κ2) is 8.23. The van der Waals surface area contributed by atoms with Crippen molar-refractivity contribution in [3.8, 4) is 5.75 Å². The molecule has 0 spiro atoms. The van der Waals surface area contributed by atoms with E-state index in [9.17, 15) is 0 Å². The molecular formula is C16H18BrClO. The Kier molecular flexibility index (Phi) is 6.96. The molecule has 3 heteroatoms. The number of aryl methyl sites for hydroxylation is 1. The predicted molar refractivity (Wildman–Crippen MR) is 86.0 cm³/mol. The Labute approximate surface area is 128 Å². The molecule has 0 aliphatic heterocycles. The maximum atomic E-state index is 6.11. The van der Waals surface area contributed by atoms with Gasteiger partial charge >= 0.3 is 0 Å². The van der Waals surface area contributed by atoms with Crippen LogP contribution in [0.25, 0.3) is 0 Å². The summed E-state index contributed by atoms with van der Waals surface area (Å²) in [7, 11) is 0. The molecule has 2 aromatic carbocycles. The first-order chi connectivity index (χ1) is 9.16. The zero-order valence-electron chi connectivity index (χ0n) is 11.4. The molecule has 2 aromatic rings. The van der Waals surface area contributed by atoms with Crippen molar-refractivity contribution in [1.82, 2.24) is 0 Å². The van der Waals surface area contributed by atoms with Crippen LogP contribution in [-0.2, 0) is 6.61 Å². The number of rotatable bonds is 3. The highest BCUT2D eigenvalue weighted by Gasteiger charge is 2.05. The van der Waals surface area contributed by atoms with Gasteiger partial charge in [0.25, 0.3) is 0 Å². The summed E-state index contributed by atoms with van der Waals surface area (Å²) in [4.78, 5) is 0. The van der Waals surface area contributed by atoms with Gasteiger partial charge in [-0.25, -0.2) is 0 Å². The molecule has 0 aliphatic carbocycles. The third-order valence-electron chi connectivity index (χ3n) is 2.45. The smallest absolute Gasteiger partial charge is 0.138 e. The Morgan fingerprint density at radius 2 is 1.74 bits per heavy atom. The van der Waals surface area contributed by atoms with E-state index in [0.717, 1.165) is 21.3 Å². The van der Waals surface area contributed by atoms with E-state index in [1.54, 1.807) is 0 Å². The maximum Gasteiger partial charge on any atom is 0.138 e. The number of hydrogen-bond donors (Lipinski definition) is 0. The quantitative estimate of drug-likeness (QED) is 0.663. The number of halogens is 2. The average Bonchev–Trinajstić information content (AvgIpc) is 2.45. The fraction of sp³-hybridized carbons (Fsp3) is 0.250. The van der Waals surface area contributed by atoms with Gasteiger partial charge in [-0.3, -0.25) is 0 Å². The molecule has 2 rings (SSSR count). The van der Waals surface area contributed by atoms with Crippen molar-refractivity contribution in [3.63, 3.8) is 0 Å². The van der Waals surface area contributed by atoms with Crippen LogP contribution in [0.2, 0.25) is 5.02 Å². The van der Waals surface area contributed by atoms with Crippen molar-refractivity contribution in [2.45, 2.75) is 27.4 Å². The maximum absolute atomic E-state index is 6.11. The monoisotopic (exact) mass is 340 g/mol. The van der Waals surface area contributed by atoms with Gasteiger partial charge < -0.3 is 4.74 Å². The van der Waals surface area contributed by atoms with E-state index in [1.165, 1.54) is 0 Å². The van der Waals surface area contributed by atoms with E-state index in [1.807, 2.05) is 63.2 Å². The van der Waals surface area contributed by atoms with Crippen molar-refractivity contribution >= 4 is 27.5 Å². The second-order valence-electron chi connectivity index (χ2n) is 3.81. The first-order valence-electron chi connectivity index (χ1n) is 6.29. The van der Waals surface area contributed by atoms with Crippen molar-refractivity contribution in [1.29, 1.82) is 0 Å². The van der Waals surface area contributed by atoms with Crippen LogP contribution < -0.4 is 4.74 Å². The molecule has 0 N–H and O–H groups in total. The Morgan fingerprint density at radius 3 is 2.37 bits per heavy atom. The Balaban J connectivity index is 0.000000861. The predicted octanol–water partition coefficient (Wildman–Crippen LogP) is 6.02. The first-order valence-corrected chi connectivity index (χ1v) is 7.46. The average molecular weight is 342 g/mol. The second-order valence-corrected chi connectivity index (χ2v) is 5.07. The molecular weight excluding hydrogens is 324 g/mol. The van der Waals surface area contributed by atoms with Gasteiger partial charge in [-0.15, -0.1) is 0 Å². The third-order valence-corrected chi connectivity index (χ3v) is 3.60. The van der Waals surface area contributed by atoms with Gasteiger partial charge in [0.15, 0.2) is 0 Å². The van der Waals surface area contributed by atoms with Crippen LogP contribution in [0.3, 0.4) is 0 Å². The minimum absolute atomic E-state index is 0.529. The van der Waals surface area contributed by atoms with E-state index in [-0.39, 0.29) is 0 Å². The van der Waals surface area contributed by atoms with Crippen LogP contribution in [0.5, 0.6) is 5.75 Å². The lowest BCUT2D eigenvalue weighted by molar-refractivity contribution is 0.306. The van der Waals surface area contributed by atoms with Crippen LogP contribution in [-0.4, -0.2) is 0 Å². The van der Waals surface area contributed by atoms with Crippen LogP contribution in [0, 0.1) is 6.92 Å². The van der Waals surface area contributed by atoms with Gasteiger partial charge in [0.05, 0.1) is 5.02 Å². The molecule has 0 atom stereocenters. The van der Waals surface area contributed by atoms with E-state index < -0.39 is 0 Å². The summed E-state index contributed by atoms with van der Waals surface area (Å²) in [5, 5.41) is 0.624. The molecule has 0 aliphatic rings. The van der Waals surface area contributed by atoms with Crippen LogP contribution in [0.4, 0.5) is 0 Å². The van der Waals surface area contributed by atoms with E-state index in [0.29, 0.717) is 11.6 Å². The van der Waals surface area contributed by atoms with Crippen LogP contribution in [0.1, 0.15) is 25.0 Å². The SMILES string of the molecule is CC.Cc1cc(OCc2ccccc2)c(Cl)cc1Br. The van der Waals surface area contributed by atoms with Gasteiger partial charge in [0, 0.05) is 4.47 Å². The summed E-state index contributed by atoms with van der Waals surface area (Å²) >= 11 is 9.55. The Hall–Kier alpha value is -0.990. The van der Waals surface area contributed by atoms with E-state index in [2.05, 4.69) is 15.9 Å². The zero-order valence-corrected chi connectivity index (χ0v) is 13.8. The fourth-order valence-corrected chi connectivity index (χ4v) is 2.17. The minimum Gasteiger partial charge on any atom is -0.487 e. The Bertz CT molecular complexity index is 512. The summed E-state index contributed by atoms with van der Waals surface area (Å²) in [6.07, 6.45) is 0. The summed E-state index contributed by atoms with van der Waals surface area (Å²) in [6.45, 7) is 6.54. The fourth-order valence-electron chi connectivity index (χ4n) is 1.48. The molecule has 0 unspecified atom stereocenters. The molecule has 0 bridgehead atoms. The number of hydrogen-bond acceptors (Lipinski definition) is 1. The topological polar surface area (TPSA) is 9.23 Å². The normalized spacial score (nSPS) is 9.53. The summed E-state index contributed by atoms with van der Waals surface area (Å²) in [5.41, 5.74) is 2.24. The number of benzene rings is 2. The highest BCUT2D eigenvalue weighted by Crippen LogP contribution is 2.31. The molecule has 0 saturated heterocycles. The lowest BCUT2D eigenvalue weighted by Crippen LogP contribution is -1.96. The van der Waals surface area contributed by atoms with Gasteiger partial charge in [0.2, 0.25) is 0 Å². The summed E-state index contributed by atoms with van der Waals surface area (Å²) in [5.74, 6) is 0.719. The van der Waals surface area contributed by atoms with Crippen LogP contribution >= 0.6 is 27.5 Å². The molecule has 0 fully saturated rings. The first kappa shape index (κ1) is 16.1. The third kappa shape index (κ3) is 4.88. The molecule has 19 heavy (non-hydrogen) atoms. The summed E-state index contributed by atoms with van der Waals surface area (Å²) in [6, 6.07) is 13.8. The van der Waals surface area contributed by atoms with Gasteiger partial charge in [-0.1, -0.05) is 71.7 Å². The molecule has 0 amide bonds. The van der Waals surface area contributed by atoms with Crippen molar-refractivity contribution < 1.29 is 4.74 Å². The van der Waals surface area contributed by atoms with Gasteiger partial charge in [-0.05, 0) is 30.2 Å². The molecule has 102 valence electrons. The Morgan fingerprint density at radius 1 is 1.11 bits per heavy atom. The highest BCUT2D eigenvalue weighted by molar-refractivity contribution is 9.10. The van der Waals surface area contributed by atoms with Gasteiger partial charge in [0.1, 0.15) is 12.4 Å². The minimum atomic E-state index is 0.529. The van der Waals surface area contributed by atoms with E-state index >= 15 is 0 Å². The molecule has 1 nitrogen and oxygen atoms in total.